The summed E-state index contributed by atoms with van der Waals surface area (Å²) in [4.78, 5) is 17.6. The average Bonchev–Trinajstić information content (AvgIpc) is 3.23. The number of likely N-dealkylation sites (tertiary alicyclic amines) is 1. The number of benzene rings is 1. The third-order valence-electron chi connectivity index (χ3n) is 6.03. The molecule has 1 aromatic carbocycles. The summed E-state index contributed by atoms with van der Waals surface area (Å²) in [6.07, 6.45) is 4.43. The Morgan fingerprint density at radius 2 is 1.90 bits per heavy atom. The Labute approximate surface area is 194 Å². The number of piperidine rings is 1. The molecule has 1 unspecified atom stereocenters. The van der Waals surface area contributed by atoms with Gasteiger partial charge in [0.1, 0.15) is 5.75 Å². The van der Waals surface area contributed by atoms with E-state index >= 15 is 0 Å². The minimum Gasteiger partial charge on any atom is -0.496 e. The lowest BCUT2D eigenvalue weighted by atomic mass is 9.95. The zero-order chi connectivity index (χ0) is 19.9. The summed E-state index contributed by atoms with van der Waals surface area (Å²) in [6.45, 7) is 10.3. The van der Waals surface area contributed by atoms with Gasteiger partial charge in [-0.3, -0.25) is 9.69 Å². The molecule has 1 aromatic rings. The van der Waals surface area contributed by atoms with E-state index in [9.17, 15) is 4.79 Å². The first-order valence-electron chi connectivity index (χ1n) is 10.9. The maximum atomic E-state index is 13.0. The lowest BCUT2D eigenvalue weighted by Crippen LogP contribution is -2.48. The largest absolute Gasteiger partial charge is 0.496 e. The van der Waals surface area contributed by atoms with Crippen LogP contribution in [-0.2, 0) is 11.3 Å². The number of para-hydroxylation sites is 1. The highest BCUT2D eigenvalue weighted by Crippen LogP contribution is 2.24. The molecule has 0 radical (unpaired) electrons. The fraction of sp³-hybridized carbons (Fsp3) is 0.696. The molecule has 30 heavy (non-hydrogen) atoms. The summed E-state index contributed by atoms with van der Waals surface area (Å²) in [7, 11) is 1.74. The molecule has 5 nitrogen and oxygen atoms in total. The van der Waals surface area contributed by atoms with Crippen molar-refractivity contribution in [2.75, 3.05) is 39.8 Å². The van der Waals surface area contributed by atoms with Crippen LogP contribution in [0.25, 0.3) is 0 Å². The molecule has 0 bridgehead atoms. The van der Waals surface area contributed by atoms with Crippen LogP contribution in [0.1, 0.15) is 45.1 Å². The van der Waals surface area contributed by atoms with Gasteiger partial charge in [0.25, 0.3) is 0 Å². The Balaban J connectivity index is 0.00000225. The van der Waals surface area contributed by atoms with Gasteiger partial charge < -0.3 is 15.0 Å². The Bertz CT molecular complexity index is 631. The summed E-state index contributed by atoms with van der Waals surface area (Å²) in [6, 6.07) is 8.34. The zero-order valence-corrected chi connectivity index (χ0v) is 20.3. The summed E-state index contributed by atoms with van der Waals surface area (Å²) in [5, 5.41) is 3.38. The maximum absolute atomic E-state index is 13.0. The fourth-order valence-corrected chi connectivity index (χ4v) is 4.52. The number of amides is 1. The summed E-state index contributed by atoms with van der Waals surface area (Å²) in [5.74, 6) is 2.42. The van der Waals surface area contributed by atoms with Crippen LogP contribution in [-0.4, -0.2) is 61.6 Å². The van der Waals surface area contributed by atoms with Crippen LogP contribution in [0.4, 0.5) is 0 Å². The molecule has 2 aliphatic heterocycles. The van der Waals surface area contributed by atoms with Gasteiger partial charge in [-0.15, -0.1) is 24.8 Å². The van der Waals surface area contributed by atoms with Crippen molar-refractivity contribution in [3.63, 3.8) is 0 Å². The Kier molecular flexibility index (Phi) is 12.1. The van der Waals surface area contributed by atoms with Gasteiger partial charge in [0.2, 0.25) is 5.91 Å². The fourth-order valence-electron chi connectivity index (χ4n) is 4.52. The number of nitrogens with zero attached hydrogens (tertiary/aromatic N) is 2. The number of halogens is 2. The van der Waals surface area contributed by atoms with E-state index in [1.54, 1.807) is 7.11 Å². The zero-order valence-electron chi connectivity index (χ0n) is 18.6. The topological polar surface area (TPSA) is 44.8 Å². The molecule has 7 heteroatoms. The minimum atomic E-state index is 0. The standard InChI is InChI=1S/C23H37N3O2.2ClH/c1-18(2)15-26(23(27)21-8-6-12-24-21)16-19-10-13-25(14-11-19)17-20-7-4-5-9-22(20)28-3;;/h4-5,7,9,18-19,21,24H,6,8,10-17H2,1-3H3;2*1H. The molecule has 2 saturated heterocycles. The minimum absolute atomic E-state index is 0. The number of ether oxygens (including phenoxy) is 1. The van der Waals surface area contributed by atoms with Gasteiger partial charge in [0.15, 0.2) is 0 Å². The molecule has 0 aliphatic carbocycles. The second-order valence-electron chi connectivity index (χ2n) is 8.82. The van der Waals surface area contributed by atoms with Crippen molar-refractivity contribution in [1.82, 2.24) is 15.1 Å². The van der Waals surface area contributed by atoms with Crippen LogP contribution >= 0.6 is 24.8 Å². The van der Waals surface area contributed by atoms with Gasteiger partial charge in [-0.1, -0.05) is 32.0 Å². The maximum Gasteiger partial charge on any atom is 0.239 e. The van der Waals surface area contributed by atoms with E-state index in [1.807, 2.05) is 12.1 Å². The first kappa shape index (κ1) is 27.0. The van der Waals surface area contributed by atoms with Crippen LogP contribution < -0.4 is 10.1 Å². The van der Waals surface area contributed by atoms with E-state index in [0.29, 0.717) is 17.7 Å². The van der Waals surface area contributed by atoms with Gasteiger partial charge >= 0.3 is 0 Å². The second-order valence-corrected chi connectivity index (χ2v) is 8.82. The molecule has 0 spiro atoms. The van der Waals surface area contributed by atoms with E-state index in [0.717, 1.165) is 70.7 Å². The van der Waals surface area contributed by atoms with Crippen molar-refractivity contribution >= 4 is 30.7 Å². The predicted molar refractivity (Wildman–Crippen MR) is 128 cm³/mol. The van der Waals surface area contributed by atoms with Crippen molar-refractivity contribution < 1.29 is 9.53 Å². The third kappa shape index (κ3) is 7.60. The van der Waals surface area contributed by atoms with Crippen molar-refractivity contribution in [2.24, 2.45) is 11.8 Å². The molecule has 0 aromatic heterocycles. The highest BCUT2D eigenvalue weighted by atomic mass is 35.5. The third-order valence-corrected chi connectivity index (χ3v) is 6.03. The lowest BCUT2D eigenvalue weighted by Gasteiger charge is -2.36. The van der Waals surface area contributed by atoms with Crippen LogP contribution in [0, 0.1) is 11.8 Å². The van der Waals surface area contributed by atoms with Crippen LogP contribution in [0.3, 0.4) is 0 Å². The monoisotopic (exact) mass is 459 g/mol. The molecular weight excluding hydrogens is 421 g/mol. The Morgan fingerprint density at radius 3 is 2.50 bits per heavy atom. The van der Waals surface area contributed by atoms with Crippen LogP contribution in [0.5, 0.6) is 5.75 Å². The predicted octanol–water partition coefficient (Wildman–Crippen LogP) is 3.99. The van der Waals surface area contributed by atoms with Gasteiger partial charge in [0.05, 0.1) is 13.2 Å². The van der Waals surface area contributed by atoms with Crippen molar-refractivity contribution in [3.8, 4) is 5.75 Å². The SMILES string of the molecule is COc1ccccc1CN1CCC(CN(CC(C)C)C(=O)C2CCCN2)CC1.Cl.Cl. The molecule has 1 N–H and O–H groups in total. The molecule has 2 aliphatic rings. The second kappa shape index (κ2) is 13.4. The van der Waals surface area contributed by atoms with E-state index in [-0.39, 0.29) is 30.9 Å². The average molecular weight is 460 g/mol. The normalized spacial score (nSPS) is 19.8. The van der Waals surface area contributed by atoms with E-state index in [1.165, 1.54) is 5.56 Å². The van der Waals surface area contributed by atoms with E-state index in [2.05, 4.69) is 41.1 Å². The number of rotatable bonds is 8. The van der Waals surface area contributed by atoms with Crippen molar-refractivity contribution in [2.45, 2.75) is 52.1 Å². The number of carbonyl (C=O) groups excluding carboxylic acids is 1. The molecule has 0 saturated carbocycles. The van der Waals surface area contributed by atoms with E-state index < -0.39 is 0 Å². The number of carbonyl (C=O) groups is 1. The highest BCUT2D eigenvalue weighted by molar-refractivity contribution is 5.85. The number of methoxy groups -OCH3 is 1. The highest BCUT2D eigenvalue weighted by Gasteiger charge is 2.30. The molecule has 172 valence electrons. The quantitative estimate of drug-likeness (QED) is 0.638. The first-order valence-corrected chi connectivity index (χ1v) is 10.9. The first-order chi connectivity index (χ1) is 13.6. The van der Waals surface area contributed by atoms with Gasteiger partial charge in [-0.05, 0) is 63.2 Å². The molecule has 3 rings (SSSR count). The number of hydrogen-bond donors (Lipinski definition) is 1. The van der Waals surface area contributed by atoms with Crippen LogP contribution in [0.15, 0.2) is 24.3 Å². The lowest BCUT2D eigenvalue weighted by molar-refractivity contribution is -0.134. The van der Waals surface area contributed by atoms with Crippen molar-refractivity contribution in [3.05, 3.63) is 29.8 Å². The van der Waals surface area contributed by atoms with Crippen LogP contribution in [0.2, 0.25) is 0 Å². The van der Waals surface area contributed by atoms with Crippen molar-refractivity contribution in [1.29, 1.82) is 0 Å². The Hall–Kier alpha value is -1.01. The number of nitrogens with one attached hydrogen (secondary N) is 1. The molecular formula is C23H39Cl2N3O2. The Morgan fingerprint density at radius 1 is 1.20 bits per heavy atom. The van der Waals surface area contributed by atoms with E-state index in [4.69, 9.17) is 4.74 Å². The summed E-state index contributed by atoms with van der Waals surface area (Å²) >= 11 is 0. The molecule has 2 fully saturated rings. The van der Waals surface area contributed by atoms with Gasteiger partial charge in [0, 0.05) is 25.2 Å². The smallest absolute Gasteiger partial charge is 0.239 e. The number of hydrogen-bond acceptors (Lipinski definition) is 4. The molecule has 2 heterocycles. The van der Waals surface area contributed by atoms with Gasteiger partial charge in [-0.25, -0.2) is 0 Å². The molecule has 1 atom stereocenters. The summed E-state index contributed by atoms with van der Waals surface area (Å²) < 4.78 is 5.50. The van der Waals surface area contributed by atoms with Gasteiger partial charge in [-0.2, -0.15) is 0 Å². The summed E-state index contributed by atoms with van der Waals surface area (Å²) in [5.41, 5.74) is 1.26. The molecule has 1 amide bonds.